The molecule has 0 aliphatic carbocycles. The maximum absolute atomic E-state index is 15.3. The second-order valence-corrected chi connectivity index (χ2v) is 40.6. The van der Waals surface area contributed by atoms with E-state index in [-0.39, 0.29) is 86.8 Å². The van der Waals surface area contributed by atoms with Crippen molar-refractivity contribution in [3.8, 4) is 0 Å². The van der Waals surface area contributed by atoms with Crippen LogP contribution >= 0.6 is 0 Å². The van der Waals surface area contributed by atoms with Gasteiger partial charge in [-0.05, 0) is 235 Å². The summed E-state index contributed by atoms with van der Waals surface area (Å²) in [6, 6.07) is 26.7. The Bertz CT molecular complexity index is 4980. The molecule has 0 bridgehead atoms. The second-order valence-electron chi connectivity index (χ2n) is 40.6. The van der Waals surface area contributed by atoms with Crippen molar-refractivity contribution in [2.24, 2.45) is 47.3 Å². The largest absolute Gasteiger partial charge is 0.458 e. The van der Waals surface area contributed by atoms with E-state index in [0.717, 1.165) is 78.8 Å². The molecule has 30 heteroatoms. The predicted molar refractivity (Wildman–Crippen MR) is 517 cm³/mol. The number of hydrogen-bond acceptors (Lipinski definition) is 28. The van der Waals surface area contributed by atoms with Crippen molar-refractivity contribution in [3.05, 3.63) is 132 Å². The lowest BCUT2D eigenvalue weighted by atomic mass is 9.73. The molecule has 2 aromatic heterocycles. The van der Waals surface area contributed by atoms with Crippen LogP contribution in [0.15, 0.2) is 116 Å². The number of ketones is 4. The van der Waals surface area contributed by atoms with Gasteiger partial charge in [0.2, 0.25) is 0 Å². The van der Waals surface area contributed by atoms with Gasteiger partial charge < -0.3 is 91.7 Å². The van der Waals surface area contributed by atoms with E-state index in [2.05, 4.69) is 33.9 Å². The number of carbonyl (C=O) groups excluding carboxylic acids is 9. The van der Waals surface area contributed by atoms with Gasteiger partial charge in [0.15, 0.2) is 41.5 Å². The van der Waals surface area contributed by atoms with Gasteiger partial charge in [0.25, 0.3) is 0 Å². The summed E-state index contributed by atoms with van der Waals surface area (Å²) in [7, 11) is 12.7. The maximum atomic E-state index is 15.3. The summed E-state index contributed by atoms with van der Waals surface area (Å²) in [6.45, 7) is 31.1. The monoisotopic (exact) mass is 1890 g/mol. The molecule has 8 aliphatic heterocycles. The number of benzene rings is 3. The first-order chi connectivity index (χ1) is 64.5. The number of likely N-dealkylation sites (N-methyl/N-ethyl adjacent to an activating group) is 2. The van der Waals surface area contributed by atoms with Crippen molar-refractivity contribution >= 4 is 87.2 Å². The van der Waals surface area contributed by atoms with Crippen LogP contribution < -0.4 is 0 Å². The van der Waals surface area contributed by atoms with E-state index in [1.54, 1.807) is 74.2 Å². The van der Waals surface area contributed by atoms with E-state index in [4.69, 9.17) is 57.2 Å². The number of Topliss-reactive ketones (excluding diaryl/α,β-unsaturated/α-hetero) is 4. The first kappa shape index (κ1) is 108. The van der Waals surface area contributed by atoms with Crippen LogP contribution in [0.5, 0.6) is 0 Å². The number of nitrogens with zero attached hydrogens (tertiary/aromatic N) is 8. The molecule has 748 valence electrons. The number of rotatable bonds is 24. The van der Waals surface area contributed by atoms with E-state index in [0.29, 0.717) is 44.3 Å². The topological polar surface area (TPSA) is 341 Å². The molecule has 8 aliphatic rings. The number of aliphatic hydroxyl groups excluding tert-OH is 2. The molecule has 2 amide bonds. The molecule has 28 atom stereocenters. The number of cyclic esters (lactones) is 2. The van der Waals surface area contributed by atoms with Crippen molar-refractivity contribution in [1.82, 2.24) is 39.4 Å². The van der Waals surface area contributed by atoms with Crippen LogP contribution in [0.2, 0.25) is 0 Å². The van der Waals surface area contributed by atoms with Crippen molar-refractivity contribution in [3.63, 3.8) is 0 Å². The molecule has 10 heterocycles. The molecule has 136 heavy (non-hydrogen) atoms. The number of likely N-dealkylation sites (tertiary alicyclic amines) is 2. The summed E-state index contributed by atoms with van der Waals surface area (Å²) < 4.78 is 72.0. The number of amides is 2. The van der Waals surface area contributed by atoms with Gasteiger partial charge in [-0.15, -0.1) is 0 Å². The smallest absolute Gasteiger partial charge is 0.410 e. The average Bonchev–Trinajstić information content (AvgIpc) is 1.58. The number of fused-ring (bicyclic) bond motifs is 4. The number of carbonyl (C=O) groups is 9. The van der Waals surface area contributed by atoms with Crippen LogP contribution in [0.1, 0.15) is 209 Å². The maximum Gasteiger partial charge on any atom is 0.410 e. The van der Waals surface area contributed by atoms with Crippen LogP contribution in [0, 0.1) is 47.3 Å². The molecule has 0 radical (unpaired) electrons. The number of esters is 3. The minimum absolute atomic E-state index is 0.0252. The van der Waals surface area contributed by atoms with Crippen LogP contribution in [0.4, 0.5) is 9.59 Å². The fraction of sp³-hybridized carbons (Fsp3) is 0.651. The third-order valence-electron chi connectivity index (χ3n) is 30.2. The first-order valence-electron chi connectivity index (χ1n) is 49.1. The third-order valence-corrected chi connectivity index (χ3v) is 30.2. The fourth-order valence-corrected chi connectivity index (χ4v) is 22.6. The van der Waals surface area contributed by atoms with E-state index in [1.807, 2.05) is 198 Å². The molecule has 0 saturated carbocycles. The van der Waals surface area contributed by atoms with Crippen LogP contribution in [-0.4, -0.2) is 312 Å². The summed E-state index contributed by atoms with van der Waals surface area (Å²) in [5, 5.41) is 20.7. The van der Waals surface area contributed by atoms with Crippen LogP contribution in [-0.2, 0) is 80.9 Å². The summed E-state index contributed by atoms with van der Waals surface area (Å²) >= 11 is 0. The SMILES string of the molecule is CC[C@H]1OC(=O)[C@H](C)C(=O)[C@H](C)[C@@H](O[C@@H]2O[C@H](C)C[C@H](N(C)C)[C@H]2O)[C@](C)(OC/C=C/c2cnc3ccccc3c2)C[C@@H](C)C(=O)[C@H](C)[C@H]2N(CCC3CCCN3C)C(=O)O[C@]12C.CC[C@H]1OC(=O)[C@H](C)C(=O)[C@H](C)[C@@H](O[C@@H]2O[C@H](C)C[C@H](N(C)C)[C@H]2OC(=O)c2ccccc2)[C@](C)(OC/C=C/c2cnc3ccccc3c2)C[C@@H](C)C(=O)[C@H](C)[C@H]2N(CCC3CCCN3C)C(=O)O[C@]12C.CO. The minimum atomic E-state index is -1.45. The van der Waals surface area contributed by atoms with Gasteiger partial charge in [-0.25, -0.2) is 14.4 Å². The Morgan fingerprint density at radius 1 is 0.529 bits per heavy atom. The number of hydrogen-bond donors (Lipinski definition) is 2. The molecule has 5 aromatic rings. The van der Waals surface area contributed by atoms with Crippen molar-refractivity contribution in [1.29, 1.82) is 0 Å². The van der Waals surface area contributed by atoms with E-state index in [1.165, 1.54) is 13.8 Å². The average molecular weight is 1890 g/mol. The van der Waals surface area contributed by atoms with Crippen molar-refractivity contribution < 1.29 is 105 Å². The zero-order valence-electron chi connectivity index (χ0n) is 84.3. The van der Waals surface area contributed by atoms with Gasteiger partial charge >= 0.3 is 30.1 Å². The molecule has 2 N–H and O–H groups in total. The molecular weight excluding hydrogens is 1740 g/mol. The lowest BCUT2D eigenvalue weighted by molar-refractivity contribution is -0.296. The summed E-state index contributed by atoms with van der Waals surface area (Å²) in [6.07, 6.45) is 7.91. The molecule has 13 rings (SSSR count). The Morgan fingerprint density at radius 3 is 1.33 bits per heavy atom. The number of aliphatic hydroxyl groups is 2. The zero-order valence-corrected chi connectivity index (χ0v) is 84.3. The fourth-order valence-electron chi connectivity index (χ4n) is 22.6. The Kier molecular flexibility index (Phi) is 37.1. The number of para-hydroxylation sites is 2. The summed E-state index contributed by atoms with van der Waals surface area (Å²) in [5.41, 5.74) is -1.83. The Hall–Kier alpha value is -8.89. The number of aromatic nitrogens is 2. The number of ether oxygens (including phenoxy) is 11. The Morgan fingerprint density at radius 2 is 0.926 bits per heavy atom. The lowest BCUT2D eigenvalue weighted by Crippen LogP contribution is -2.61. The quantitative estimate of drug-likeness (QED) is 0.0329. The highest BCUT2D eigenvalue weighted by Crippen LogP contribution is 2.48. The van der Waals surface area contributed by atoms with Crippen molar-refractivity contribution in [2.75, 3.05) is 88.8 Å². The van der Waals surface area contributed by atoms with Gasteiger partial charge in [0, 0.05) is 97.0 Å². The molecular formula is C106H152N8O22. The van der Waals surface area contributed by atoms with Crippen molar-refractivity contribution in [2.45, 2.75) is 308 Å². The zero-order chi connectivity index (χ0) is 99.3. The predicted octanol–water partition coefficient (Wildman–Crippen LogP) is 14.1. The highest BCUT2D eigenvalue weighted by atomic mass is 16.7. The van der Waals surface area contributed by atoms with Gasteiger partial charge in [-0.1, -0.05) is 134 Å². The van der Waals surface area contributed by atoms with Crippen LogP contribution in [0.25, 0.3) is 34.0 Å². The first-order valence-corrected chi connectivity index (χ1v) is 49.1. The van der Waals surface area contributed by atoms with E-state index >= 15 is 14.4 Å². The molecule has 8 fully saturated rings. The molecule has 3 aromatic carbocycles. The lowest BCUT2D eigenvalue weighted by Gasteiger charge is -2.48. The molecule has 2 unspecified atom stereocenters. The Balaban J connectivity index is 0.000000258. The van der Waals surface area contributed by atoms with Gasteiger partial charge in [-0.2, -0.15) is 0 Å². The highest BCUT2D eigenvalue weighted by Gasteiger charge is 2.64. The molecule has 0 spiro atoms. The van der Waals surface area contributed by atoms with Gasteiger partial charge in [0.05, 0.1) is 83.6 Å². The standard InChI is InChI=1S/C56H76N4O11.C49H72N4O10.CH4O/c1-12-45-56(8)49(60(54(65)71-56)28-26-42-24-18-27-59(42)11)36(4)46(61)34(2)32-55(7,66-29-19-20-39-31-41-23-16-17-25-43(41)57-33-39)50(37(5)47(62)38(6)51(63)68-45)70-53-48(44(58(9)10)30-35(3)67-53)69-52(64)40-21-14-13-15-22-40;1-12-39-49(8)43(53(47(58)63-49)23-21-36-19-15-22-52(36)11)31(4)40(54)29(2)27-48(7,59-24-16-17-34-26-35-18-13-14-20-37(35)50-28-34)44(32(5)41(55)33(6)45(57)61-39)62-46-42(56)38(51(9)10)25-30(3)60-46;1-2/h13-17,19-23,25,31,33-38,42,44-45,48-50,53H,12,18,24,26-30,32H2,1-11H3;13-14,16-18,20,26,28-33,36,38-39,42-44,46,56H,12,15,19,21-25,27H2,1-11H3;2H,1H3/b20-19+;17-16+;/t34-,35-,36+,37+,38-,42?,44+,45-,48-,49-,50-,53+,55-,56-;29-,30-,31+,32+,33-,36?,38+,39-,42-,43-,44-,46+,48-,49-;/m11./s1. The normalized spacial score (nSPS) is 35.6. The summed E-state index contributed by atoms with van der Waals surface area (Å²) in [4.78, 5) is 152. The highest BCUT2D eigenvalue weighted by molar-refractivity contribution is 6.01. The summed E-state index contributed by atoms with van der Waals surface area (Å²) in [5.74, 6) is -11.0. The van der Waals surface area contributed by atoms with Gasteiger partial charge in [-0.3, -0.25) is 38.7 Å². The Labute approximate surface area is 804 Å². The molecule has 8 saturated heterocycles. The second kappa shape index (κ2) is 46.9. The minimum Gasteiger partial charge on any atom is -0.458 e. The van der Waals surface area contributed by atoms with E-state index in [9.17, 15) is 33.9 Å². The van der Waals surface area contributed by atoms with E-state index < -0.39 is 173 Å². The van der Waals surface area contributed by atoms with Crippen LogP contribution in [0.3, 0.4) is 0 Å². The van der Waals surface area contributed by atoms with Gasteiger partial charge in [0.1, 0.15) is 41.7 Å². The molecule has 30 nitrogen and oxygen atoms in total. The number of pyridine rings is 2. The third kappa shape index (κ3) is 24.4.